The van der Waals surface area contributed by atoms with E-state index in [9.17, 15) is 0 Å². The summed E-state index contributed by atoms with van der Waals surface area (Å²) in [5.74, 6) is 0.766. The molecule has 0 amide bonds. The standard InChI is InChI=1S/C14H14BrClO/c1-2-3-10-4-6-11(7-5-10)14(16)12-8-9-13(15)17-12/h4-9,14H,2-3H2,1H3. The maximum absolute atomic E-state index is 6.36. The fourth-order valence-electron chi connectivity index (χ4n) is 1.77. The summed E-state index contributed by atoms with van der Waals surface area (Å²) in [4.78, 5) is 0. The molecule has 2 aromatic rings. The van der Waals surface area contributed by atoms with Crippen molar-refractivity contribution in [2.24, 2.45) is 0 Å². The van der Waals surface area contributed by atoms with Crippen LogP contribution in [0.1, 0.15) is 35.6 Å². The Hall–Kier alpha value is -0.730. The Labute approximate surface area is 115 Å². The number of rotatable bonds is 4. The Morgan fingerprint density at radius 2 is 1.88 bits per heavy atom. The first-order valence-electron chi connectivity index (χ1n) is 5.69. The number of hydrogen-bond donors (Lipinski definition) is 0. The lowest BCUT2D eigenvalue weighted by molar-refractivity contribution is 0.494. The average molecular weight is 314 g/mol. The van der Waals surface area contributed by atoms with Gasteiger partial charge in [-0.2, -0.15) is 0 Å². The van der Waals surface area contributed by atoms with Gasteiger partial charge in [-0.25, -0.2) is 0 Å². The van der Waals surface area contributed by atoms with Crippen LogP contribution in [0.2, 0.25) is 0 Å². The molecule has 0 N–H and O–H groups in total. The van der Waals surface area contributed by atoms with Crippen LogP contribution in [0.5, 0.6) is 0 Å². The summed E-state index contributed by atoms with van der Waals surface area (Å²) in [5.41, 5.74) is 2.41. The molecule has 0 fully saturated rings. The highest BCUT2D eigenvalue weighted by atomic mass is 79.9. The fraction of sp³-hybridized carbons (Fsp3) is 0.286. The molecule has 1 heterocycles. The van der Waals surface area contributed by atoms with Crippen LogP contribution in [0.3, 0.4) is 0 Å². The highest BCUT2D eigenvalue weighted by molar-refractivity contribution is 9.10. The summed E-state index contributed by atoms with van der Waals surface area (Å²) in [6.07, 6.45) is 2.27. The van der Waals surface area contributed by atoms with E-state index in [0.717, 1.165) is 24.2 Å². The lowest BCUT2D eigenvalue weighted by Crippen LogP contribution is -1.92. The topological polar surface area (TPSA) is 13.1 Å². The molecule has 0 bridgehead atoms. The van der Waals surface area contributed by atoms with Gasteiger partial charge in [0.05, 0.1) is 0 Å². The highest BCUT2D eigenvalue weighted by Gasteiger charge is 2.14. The molecule has 0 spiro atoms. The predicted octanol–water partition coefficient (Wildman–Crippen LogP) is 5.32. The fourth-order valence-corrected chi connectivity index (χ4v) is 2.35. The van der Waals surface area contributed by atoms with Crippen LogP contribution in [0.4, 0.5) is 0 Å². The van der Waals surface area contributed by atoms with E-state index in [2.05, 4.69) is 47.1 Å². The molecule has 1 aromatic heterocycles. The lowest BCUT2D eigenvalue weighted by Gasteiger charge is -2.07. The van der Waals surface area contributed by atoms with Gasteiger partial charge >= 0.3 is 0 Å². The number of halogens is 2. The zero-order valence-corrected chi connectivity index (χ0v) is 12.0. The molecule has 0 radical (unpaired) electrons. The quantitative estimate of drug-likeness (QED) is 0.696. The summed E-state index contributed by atoms with van der Waals surface area (Å²) in [6.45, 7) is 2.18. The Morgan fingerprint density at radius 1 is 1.18 bits per heavy atom. The molecule has 1 atom stereocenters. The van der Waals surface area contributed by atoms with Crippen molar-refractivity contribution in [3.8, 4) is 0 Å². The molecular weight excluding hydrogens is 300 g/mol. The van der Waals surface area contributed by atoms with Crippen molar-refractivity contribution < 1.29 is 4.42 Å². The van der Waals surface area contributed by atoms with Crippen molar-refractivity contribution in [1.82, 2.24) is 0 Å². The normalized spacial score (nSPS) is 12.6. The molecule has 1 aromatic carbocycles. The minimum atomic E-state index is -0.225. The van der Waals surface area contributed by atoms with Gasteiger partial charge in [0.15, 0.2) is 4.67 Å². The molecule has 0 saturated carbocycles. The second-order valence-electron chi connectivity index (χ2n) is 4.00. The SMILES string of the molecule is CCCc1ccc(C(Cl)c2ccc(Br)o2)cc1. The van der Waals surface area contributed by atoms with Crippen LogP contribution < -0.4 is 0 Å². The van der Waals surface area contributed by atoms with Gasteiger partial charge in [-0.15, -0.1) is 11.6 Å². The van der Waals surface area contributed by atoms with Crippen LogP contribution in [-0.2, 0) is 6.42 Å². The van der Waals surface area contributed by atoms with Crippen LogP contribution in [-0.4, -0.2) is 0 Å². The van der Waals surface area contributed by atoms with Crippen molar-refractivity contribution in [3.05, 3.63) is 58.0 Å². The van der Waals surface area contributed by atoms with E-state index in [1.165, 1.54) is 5.56 Å². The molecule has 1 unspecified atom stereocenters. The first kappa shape index (κ1) is 12.7. The molecule has 2 rings (SSSR count). The maximum Gasteiger partial charge on any atom is 0.169 e. The molecule has 0 saturated heterocycles. The Morgan fingerprint density at radius 3 is 2.41 bits per heavy atom. The maximum atomic E-state index is 6.36. The van der Waals surface area contributed by atoms with E-state index in [-0.39, 0.29) is 5.38 Å². The minimum Gasteiger partial charge on any atom is -0.452 e. The summed E-state index contributed by atoms with van der Waals surface area (Å²) < 4.78 is 6.17. The van der Waals surface area contributed by atoms with Gasteiger partial charge < -0.3 is 4.42 Å². The van der Waals surface area contributed by atoms with Gasteiger partial charge in [-0.1, -0.05) is 37.6 Å². The largest absolute Gasteiger partial charge is 0.452 e. The number of benzene rings is 1. The van der Waals surface area contributed by atoms with Crippen LogP contribution in [0.25, 0.3) is 0 Å². The van der Waals surface area contributed by atoms with Gasteiger partial charge in [-0.05, 0) is 45.6 Å². The van der Waals surface area contributed by atoms with E-state index >= 15 is 0 Å². The summed E-state index contributed by atoms with van der Waals surface area (Å²) >= 11 is 9.64. The summed E-state index contributed by atoms with van der Waals surface area (Å²) in [6, 6.07) is 12.1. The van der Waals surface area contributed by atoms with Crippen LogP contribution in [0, 0.1) is 0 Å². The zero-order valence-electron chi connectivity index (χ0n) is 9.62. The first-order chi connectivity index (χ1) is 8.20. The number of aryl methyl sites for hydroxylation is 1. The molecule has 1 nitrogen and oxygen atoms in total. The second kappa shape index (κ2) is 5.74. The van der Waals surface area contributed by atoms with Crippen molar-refractivity contribution in [2.45, 2.75) is 25.1 Å². The van der Waals surface area contributed by atoms with E-state index < -0.39 is 0 Å². The van der Waals surface area contributed by atoms with E-state index in [1.54, 1.807) is 0 Å². The van der Waals surface area contributed by atoms with E-state index in [0.29, 0.717) is 4.67 Å². The summed E-state index contributed by atoms with van der Waals surface area (Å²) in [5, 5.41) is -0.225. The Kier molecular flexibility index (Phi) is 4.30. The monoisotopic (exact) mass is 312 g/mol. The third kappa shape index (κ3) is 3.14. The first-order valence-corrected chi connectivity index (χ1v) is 6.91. The van der Waals surface area contributed by atoms with Crippen molar-refractivity contribution >= 4 is 27.5 Å². The number of furan rings is 1. The Bertz CT molecular complexity index is 475. The lowest BCUT2D eigenvalue weighted by atomic mass is 10.0. The third-order valence-electron chi connectivity index (χ3n) is 2.65. The van der Waals surface area contributed by atoms with Gasteiger partial charge in [0.2, 0.25) is 0 Å². The Balaban J connectivity index is 2.16. The molecule has 17 heavy (non-hydrogen) atoms. The van der Waals surface area contributed by atoms with Crippen molar-refractivity contribution in [3.63, 3.8) is 0 Å². The predicted molar refractivity (Wildman–Crippen MR) is 74.5 cm³/mol. The van der Waals surface area contributed by atoms with Gasteiger partial charge in [-0.3, -0.25) is 0 Å². The van der Waals surface area contributed by atoms with Crippen LogP contribution >= 0.6 is 27.5 Å². The molecule has 0 aliphatic heterocycles. The molecule has 0 aliphatic carbocycles. The van der Waals surface area contributed by atoms with E-state index in [1.807, 2.05) is 12.1 Å². The van der Waals surface area contributed by atoms with E-state index in [4.69, 9.17) is 16.0 Å². The molecular formula is C14H14BrClO. The number of alkyl halides is 1. The van der Waals surface area contributed by atoms with Gasteiger partial charge in [0, 0.05) is 0 Å². The molecule has 90 valence electrons. The number of hydrogen-bond acceptors (Lipinski definition) is 1. The van der Waals surface area contributed by atoms with Crippen molar-refractivity contribution in [1.29, 1.82) is 0 Å². The van der Waals surface area contributed by atoms with Gasteiger partial charge in [0.25, 0.3) is 0 Å². The highest BCUT2D eigenvalue weighted by Crippen LogP contribution is 2.31. The third-order valence-corrected chi connectivity index (χ3v) is 3.55. The van der Waals surface area contributed by atoms with Crippen LogP contribution in [0.15, 0.2) is 45.5 Å². The minimum absolute atomic E-state index is 0.225. The zero-order chi connectivity index (χ0) is 12.3. The summed E-state index contributed by atoms with van der Waals surface area (Å²) in [7, 11) is 0. The molecule has 3 heteroatoms. The second-order valence-corrected chi connectivity index (χ2v) is 5.21. The van der Waals surface area contributed by atoms with Crippen molar-refractivity contribution in [2.75, 3.05) is 0 Å². The van der Waals surface area contributed by atoms with Gasteiger partial charge in [0.1, 0.15) is 11.1 Å². The smallest absolute Gasteiger partial charge is 0.169 e. The molecule has 0 aliphatic rings. The average Bonchev–Trinajstić information content (AvgIpc) is 2.76.